The van der Waals surface area contributed by atoms with Gasteiger partial charge < -0.3 is 14.4 Å². The minimum absolute atomic E-state index is 0.00932. The zero-order valence-electron chi connectivity index (χ0n) is 12.5. The first-order valence-electron chi connectivity index (χ1n) is 7.22. The number of hydrogen-bond donors (Lipinski definition) is 0. The molecule has 1 aromatic carbocycles. The second-order valence-electron chi connectivity index (χ2n) is 4.68. The van der Waals surface area contributed by atoms with Gasteiger partial charge in [-0.1, -0.05) is 30.4 Å². The summed E-state index contributed by atoms with van der Waals surface area (Å²) in [6.45, 7) is 6.16. The minimum atomic E-state index is -0.00932. The predicted octanol–water partition coefficient (Wildman–Crippen LogP) is 2.94. The number of carbonyl (C=O) groups excluding carboxylic acids is 1. The van der Waals surface area contributed by atoms with Gasteiger partial charge >= 0.3 is 0 Å². The zero-order valence-corrected chi connectivity index (χ0v) is 12.5. The molecule has 0 saturated carbocycles. The standard InChI is InChI=1S/C17H21NO3/c1-3-5-6-10-16(19)18(4-2)13-14-8-7-9-15-17(14)21-12-11-20-15/h3,5-10H,4,11-13H2,1-2H3/b5-3+,10-6+. The molecule has 1 aromatic rings. The lowest BCUT2D eigenvalue weighted by Crippen LogP contribution is -2.29. The Balaban J connectivity index is 2.13. The van der Waals surface area contributed by atoms with Crippen molar-refractivity contribution in [2.24, 2.45) is 0 Å². The van der Waals surface area contributed by atoms with Crippen LogP contribution in [-0.4, -0.2) is 30.6 Å². The van der Waals surface area contributed by atoms with Crippen molar-refractivity contribution in [2.45, 2.75) is 20.4 Å². The Morgan fingerprint density at radius 3 is 2.86 bits per heavy atom. The van der Waals surface area contributed by atoms with E-state index in [2.05, 4.69) is 0 Å². The van der Waals surface area contributed by atoms with Crippen LogP contribution in [0.3, 0.4) is 0 Å². The van der Waals surface area contributed by atoms with Crippen molar-refractivity contribution in [3.8, 4) is 11.5 Å². The SMILES string of the molecule is C/C=C/C=C/C(=O)N(CC)Cc1cccc2c1OCCO2. The number of rotatable bonds is 5. The summed E-state index contributed by atoms with van der Waals surface area (Å²) in [5.41, 5.74) is 0.974. The molecule has 0 aromatic heterocycles. The first kappa shape index (κ1) is 15.2. The van der Waals surface area contributed by atoms with Crippen molar-refractivity contribution < 1.29 is 14.3 Å². The molecule has 21 heavy (non-hydrogen) atoms. The largest absolute Gasteiger partial charge is 0.486 e. The lowest BCUT2D eigenvalue weighted by atomic mass is 10.1. The summed E-state index contributed by atoms with van der Waals surface area (Å²) in [5, 5.41) is 0. The van der Waals surface area contributed by atoms with E-state index in [-0.39, 0.29) is 5.91 Å². The van der Waals surface area contributed by atoms with Crippen molar-refractivity contribution in [3.63, 3.8) is 0 Å². The monoisotopic (exact) mass is 287 g/mol. The fraction of sp³-hybridized carbons (Fsp3) is 0.353. The molecule has 0 bridgehead atoms. The van der Waals surface area contributed by atoms with E-state index in [9.17, 15) is 4.79 Å². The van der Waals surface area contributed by atoms with Crippen molar-refractivity contribution in [3.05, 3.63) is 48.1 Å². The number of carbonyl (C=O) groups is 1. The molecule has 0 aliphatic carbocycles. The topological polar surface area (TPSA) is 38.8 Å². The summed E-state index contributed by atoms with van der Waals surface area (Å²) >= 11 is 0. The van der Waals surface area contributed by atoms with Crippen molar-refractivity contribution in [1.82, 2.24) is 4.90 Å². The first-order chi connectivity index (χ1) is 10.3. The van der Waals surface area contributed by atoms with Gasteiger partial charge in [0, 0.05) is 24.7 Å². The molecule has 1 amide bonds. The number of amides is 1. The van der Waals surface area contributed by atoms with Gasteiger partial charge in [-0.15, -0.1) is 0 Å². The van der Waals surface area contributed by atoms with Gasteiger partial charge in [-0.2, -0.15) is 0 Å². The third kappa shape index (κ3) is 3.88. The van der Waals surface area contributed by atoms with Crippen molar-refractivity contribution in [2.75, 3.05) is 19.8 Å². The predicted molar refractivity (Wildman–Crippen MR) is 82.5 cm³/mol. The van der Waals surface area contributed by atoms with Crippen LogP contribution in [0, 0.1) is 0 Å². The molecule has 0 unspecified atom stereocenters. The third-order valence-electron chi connectivity index (χ3n) is 3.24. The molecule has 0 spiro atoms. The maximum atomic E-state index is 12.2. The molecule has 1 heterocycles. The molecular weight excluding hydrogens is 266 g/mol. The van der Waals surface area contributed by atoms with E-state index < -0.39 is 0 Å². The number of fused-ring (bicyclic) bond motifs is 1. The lowest BCUT2D eigenvalue weighted by Gasteiger charge is -2.24. The quantitative estimate of drug-likeness (QED) is 0.617. The average Bonchev–Trinajstić information content (AvgIpc) is 2.52. The van der Waals surface area contributed by atoms with Crippen LogP contribution in [0.2, 0.25) is 0 Å². The van der Waals surface area contributed by atoms with Gasteiger partial charge in [0.05, 0.1) is 0 Å². The van der Waals surface area contributed by atoms with Crippen LogP contribution >= 0.6 is 0 Å². The van der Waals surface area contributed by atoms with Crippen LogP contribution in [0.4, 0.5) is 0 Å². The number of para-hydroxylation sites is 1. The highest BCUT2D eigenvalue weighted by atomic mass is 16.6. The molecule has 0 radical (unpaired) electrons. The highest BCUT2D eigenvalue weighted by Gasteiger charge is 2.18. The van der Waals surface area contributed by atoms with Gasteiger partial charge in [0.25, 0.3) is 0 Å². The second kappa shape index (κ2) is 7.53. The molecule has 1 aliphatic rings. The third-order valence-corrected chi connectivity index (χ3v) is 3.24. The molecule has 4 nitrogen and oxygen atoms in total. The molecule has 4 heteroatoms. The fourth-order valence-corrected chi connectivity index (χ4v) is 2.16. The summed E-state index contributed by atoms with van der Waals surface area (Å²) in [4.78, 5) is 13.9. The number of nitrogens with zero attached hydrogens (tertiary/aromatic N) is 1. The van der Waals surface area contributed by atoms with Gasteiger partial charge in [0.2, 0.25) is 5.91 Å². The average molecular weight is 287 g/mol. The Labute approximate surface area is 125 Å². The van der Waals surface area contributed by atoms with Gasteiger partial charge in [0.1, 0.15) is 13.2 Å². The molecule has 0 saturated heterocycles. The number of ether oxygens (including phenoxy) is 2. The number of allylic oxidation sites excluding steroid dienone is 3. The van der Waals surface area contributed by atoms with Crippen molar-refractivity contribution in [1.29, 1.82) is 0 Å². The van der Waals surface area contributed by atoms with E-state index in [4.69, 9.17) is 9.47 Å². The maximum Gasteiger partial charge on any atom is 0.246 e. The van der Waals surface area contributed by atoms with Crippen molar-refractivity contribution >= 4 is 5.91 Å². The van der Waals surface area contributed by atoms with Crippen LogP contribution < -0.4 is 9.47 Å². The van der Waals surface area contributed by atoms with Crippen LogP contribution in [0.25, 0.3) is 0 Å². The Bertz CT molecular complexity index is 549. The highest BCUT2D eigenvalue weighted by molar-refractivity contribution is 5.87. The summed E-state index contributed by atoms with van der Waals surface area (Å²) in [6.07, 6.45) is 7.06. The van der Waals surface area contributed by atoms with Crippen LogP contribution in [-0.2, 0) is 11.3 Å². The lowest BCUT2D eigenvalue weighted by molar-refractivity contribution is -0.126. The van der Waals surface area contributed by atoms with E-state index in [1.165, 1.54) is 0 Å². The van der Waals surface area contributed by atoms with Gasteiger partial charge in [-0.3, -0.25) is 4.79 Å². The number of likely N-dealkylation sites (N-methyl/N-ethyl adjacent to an activating group) is 1. The summed E-state index contributed by atoms with van der Waals surface area (Å²) in [7, 11) is 0. The Morgan fingerprint density at radius 2 is 2.10 bits per heavy atom. The van der Waals surface area contributed by atoms with Crippen LogP contribution in [0.1, 0.15) is 19.4 Å². The van der Waals surface area contributed by atoms with E-state index in [1.807, 2.05) is 44.2 Å². The number of hydrogen-bond acceptors (Lipinski definition) is 3. The Kier molecular flexibility index (Phi) is 5.43. The summed E-state index contributed by atoms with van der Waals surface area (Å²) in [5.74, 6) is 1.50. The Hall–Kier alpha value is -2.23. The minimum Gasteiger partial charge on any atom is -0.486 e. The van der Waals surface area contributed by atoms with E-state index in [1.54, 1.807) is 17.1 Å². The molecule has 112 valence electrons. The van der Waals surface area contributed by atoms with Crippen LogP contribution in [0.15, 0.2) is 42.5 Å². The van der Waals surface area contributed by atoms with Crippen LogP contribution in [0.5, 0.6) is 11.5 Å². The van der Waals surface area contributed by atoms with E-state index in [0.29, 0.717) is 26.3 Å². The molecule has 0 atom stereocenters. The molecule has 1 aliphatic heterocycles. The molecule has 2 rings (SSSR count). The van der Waals surface area contributed by atoms with Gasteiger partial charge in [-0.25, -0.2) is 0 Å². The molecule has 0 fully saturated rings. The number of benzene rings is 1. The smallest absolute Gasteiger partial charge is 0.246 e. The molecular formula is C17H21NO3. The summed E-state index contributed by atoms with van der Waals surface area (Å²) in [6, 6.07) is 5.79. The van der Waals surface area contributed by atoms with E-state index in [0.717, 1.165) is 17.1 Å². The van der Waals surface area contributed by atoms with E-state index >= 15 is 0 Å². The second-order valence-corrected chi connectivity index (χ2v) is 4.68. The van der Waals surface area contributed by atoms with Gasteiger partial charge in [0.15, 0.2) is 11.5 Å². The zero-order chi connectivity index (χ0) is 15.1. The van der Waals surface area contributed by atoms with Gasteiger partial charge in [-0.05, 0) is 19.9 Å². The summed E-state index contributed by atoms with van der Waals surface area (Å²) < 4.78 is 11.3. The highest BCUT2D eigenvalue weighted by Crippen LogP contribution is 2.34. The first-order valence-corrected chi connectivity index (χ1v) is 7.22. The Morgan fingerprint density at radius 1 is 1.29 bits per heavy atom. The maximum absolute atomic E-state index is 12.2. The molecule has 0 N–H and O–H groups in total. The fourth-order valence-electron chi connectivity index (χ4n) is 2.16. The normalized spacial score (nSPS) is 13.8.